The molecule has 1 aromatic rings. The molecule has 0 atom stereocenters. The number of rotatable bonds is 4. The fourth-order valence-corrected chi connectivity index (χ4v) is 3.10. The van der Waals surface area contributed by atoms with E-state index in [1.165, 1.54) is 24.2 Å². The van der Waals surface area contributed by atoms with Crippen LogP contribution in [-0.4, -0.2) is 12.9 Å². The third-order valence-corrected chi connectivity index (χ3v) is 4.19. The SMILES string of the molecule is CSOCC1(c2ccc(C(F)(F)F)cc2)CCCC1. The van der Waals surface area contributed by atoms with Crippen molar-refractivity contribution in [2.45, 2.75) is 37.3 Å². The van der Waals surface area contributed by atoms with E-state index in [1.807, 2.05) is 6.26 Å². The molecule has 0 saturated heterocycles. The Labute approximate surface area is 115 Å². The van der Waals surface area contributed by atoms with Crippen molar-refractivity contribution < 1.29 is 17.4 Å². The lowest BCUT2D eigenvalue weighted by Gasteiger charge is -2.29. The Morgan fingerprint density at radius 1 is 1.16 bits per heavy atom. The van der Waals surface area contributed by atoms with E-state index >= 15 is 0 Å². The summed E-state index contributed by atoms with van der Waals surface area (Å²) in [6.07, 6.45) is 1.78. The molecule has 1 aliphatic rings. The second-order valence-corrected chi connectivity index (χ2v) is 5.56. The standard InChI is InChI=1S/C14H17F3OS/c1-19-18-10-13(8-2-3-9-13)11-4-6-12(7-5-11)14(15,16)17/h4-7H,2-3,8-10H2,1H3. The van der Waals surface area contributed by atoms with Gasteiger partial charge in [0.25, 0.3) is 0 Å². The largest absolute Gasteiger partial charge is 0.416 e. The van der Waals surface area contributed by atoms with Gasteiger partial charge in [-0.3, -0.25) is 0 Å². The number of hydrogen-bond donors (Lipinski definition) is 0. The van der Waals surface area contributed by atoms with E-state index in [4.69, 9.17) is 4.18 Å². The molecule has 0 aromatic heterocycles. The molecule has 1 saturated carbocycles. The van der Waals surface area contributed by atoms with Gasteiger partial charge in [-0.1, -0.05) is 25.0 Å². The fraction of sp³-hybridized carbons (Fsp3) is 0.571. The van der Waals surface area contributed by atoms with Gasteiger partial charge in [0.2, 0.25) is 0 Å². The van der Waals surface area contributed by atoms with E-state index in [0.717, 1.165) is 31.2 Å². The molecule has 1 nitrogen and oxygen atoms in total. The summed E-state index contributed by atoms with van der Waals surface area (Å²) in [6, 6.07) is 5.57. The summed E-state index contributed by atoms with van der Waals surface area (Å²) in [6.45, 7) is 0.569. The first-order valence-corrected chi connectivity index (χ1v) is 7.46. The van der Waals surface area contributed by atoms with Crippen LogP contribution in [-0.2, 0) is 15.8 Å². The van der Waals surface area contributed by atoms with E-state index in [9.17, 15) is 13.2 Å². The third-order valence-electron chi connectivity index (χ3n) is 3.84. The minimum atomic E-state index is -4.27. The van der Waals surface area contributed by atoms with Crippen LogP contribution in [0.5, 0.6) is 0 Å². The van der Waals surface area contributed by atoms with E-state index in [-0.39, 0.29) is 5.41 Å². The van der Waals surface area contributed by atoms with Crippen molar-refractivity contribution >= 4 is 12.0 Å². The third kappa shape index (κ3) is 3.26. The molecule has 0 bridgehead atoms. The minimum absolute atomic E-state index is 0.104. The van der Waals surface area contributed by atoms with Crippen LogP contribution in [0.25, 0.3) is 0 Å². The summed E-state index contributed by atoms with van der Waals surface area (Å²) in [7, 11) is 0. The minimum Gasteiger partial charge on any atom is -0.315 e. The second kappa shape index (κ2) is 5.75. The summed E-state index contributed by atoms with van der Waals surface area (Å²) in [4.78, 5) is 0. The second-order valence-electron chi connectivity index (χ2n) is 4.99. The van der Waals surface area contributed by atoms with Gasteiger partial charge in [-0.15, -0.1) is 0 Å². The van der Waals surface area contributed by atoms with Crippen molar-refractivity contribution in [2.24, 2.45) is 0 Å². The van der Waals surface area contributed by atoms with Crippen molar-refractivity contribution in [1.29, 1.82) is 0 Å². The maximum atomic E-state index is 12.6. The lowest BCUT2D eigenvalue weighted by atomic mass is 9.79. The Balaban J connectivity index is 2.23. The molecule has 5 heteroatoms. The van der Waals surface area contributed by atoms with Gasteiger partial charge in [-0.05, 0) is 42.6 Å². The molecule has 0 heterocycles. The molecular weight excluding hydrogens is 273 g/mol. The first-order valence-electron chi connectivity index (χ1n) is 6.31. The summed E-state index contributed by atoms with van der Waals surface area (Å²) in [5.74, 6) is 0. The zero-order chi connectivity index (χ0) is 13.9. The first kappa shape index (κ1) is 14.7. The summed E-state index contributed by atoms with van der Waals surface area (Å²) in [5.41, 5.74) is 0.273. The topological polar surface area (TPSA) is 9.23 Å². The molecule has 106 valence electrons. The predicted octanol–water partition coefficient (Wildman–Crippen LogP) is 4.81. The molecule has 1 aromatic carbocycles. The van der Waals surface area contributed by atoms with Gasteiger partial charge in [-0.25, -0.2) is 0 Å². The molecule has 0 amide bonds. The van der Waals surface area contributed by atoms with Crippen LogP contribution in [0.1, 0.15) is 36.8 Å². The molecule has 0 radical (unpaired) electrons. The van der Waals surface area contributed by atoms with E-state index in [2.05, 4.69) is 0 Å². The maximum Gasteiger partial charge on any atom is 0.416 e. The Hall–Kier alpha value is -0.680. The molecule has 0 N–H and O–H groups in total. The summed E-state index contributed by atoms with van der Waals surface area (Å²) < 4.78 is 43.2. The Kier molecular flexibility index (Phi) is 4.46. The molecule has 0 spiro atoms. The number of alkyl halides is 3. The fourth-order valence-electron chi connectivity index (χ4n) is 2.75. The van der Waals surface area contributed by atoms with Crippen molar-refractivity contribution in [3.8, 4) is 0 Å². The van der Waals surface area contributed by atoms with Gasteiger partial charge in [0.05, 0.1) is 12.2 Å². The number of halogens is 3. The van der Waals surface area contributed by atoms with Crippen molar-refractivity contribution in [3.63, 3.8) is 0 Å². The highest BCUT2D eigenvalue weighted by molar-refractivity contribution is 7.93. The molecule has 1 fully saturated rings. The van der Waals surface area contributed by atoms with Crippen LogP contribution in [0.4, 0.5) is 13.2 Å². The Morgan fingerprint density at radius 2 is 1.74 bits per heavy atom. The molecule has 0 unspecified atom stereocenters. The quantitative estimate of drug-likeness (QED) is 0.736. The van der Waals surface area contributed by atoms with Crippen molar-refractivity contribution in [3.05, 3.63) is 35.4 Å². The Morgan fingerprint density at radius 3 is 2.21 bits per heavy atom. The predicted molar refractivity (Wildman–Crippen MR) is 71.1 cm³/mol. The average Bonchev–Trinajstić information content (AvgIpc) is 2.85. The van der Waals surface area contributed by atoms with Gasteiger partial charge in [0.1, 0.15) is 0 Å². The molecule has 1 aliphatic carbocycles. The van der Waals surface area contributed by atoms with Crippen LogP contribution in [0.3, 0.4) is 0 Å². The number of benzene rings is 1. The van der Waals surface area contributed by atoms with Crippen LogP contribution in [0, 0.1) is 0 Å². The average molecular weight is 290 g/mol. The zero-order valence-electron chi connectivity index (χ0n) is 10.8. The lowest BCUT2D eigenvalue weighted by Crippen LogP contribution is -2.27. The molecule has 2 rings (SSSR count). The highest BCUT2D eigenvalue weighted by atomic mass is 32.2. The van der Waals surface area contributed by atoms with E-state index in [0.29, 0.717) is 6.61 Å². The van der Waals surface area contributed by atoms with Crippen LogP contribution in [0.15, 0.2) is 24.3 Å². The summed E-state index contributed by atoms with van der Waals surface area (Å²) in [5, 5.41) is 0. The van der Waals surface area contributed by atoms with E-state index < -0.39 is 11.7 Å². The smallest absolute Gasteiger partial charge is 0.315 e. The van der Waals surface area contributed by atoms with E-state index in [1.54, 1.807) is 12.1 Å². The van der Waals surface area contributed by atoms with Gasteiger partial charge < -0.3 is 4.18 Å². The first-order chi connectivity index (χ1) is 8.98. The van der Waals surface area contributed by atoms with Crippen LogP contribution in [0.2, 0.25) is 0 Å². The monoisotopic (exact) mass is 290 g/mol. The molecule has 19 heavy (non-hydrogen) atoms. The van der Waals surface area contributed by atoms with Gasteiger partial charge >= 0.3 is 6.18 Å². The lowest BCUT2D eigenvalue weighted by molar-refractivity contribution is -0.137. The van der Waals surface area contributed by atoms with Crippen LogP contribution < -0.4 is 0 Å². The number of hydrogen-bond acceptors (Lipinski definition) is 2. The molecular formula is C14H17F3OS. The zero-order valence-corrected chi connectivity index (χ0v) is 11.6. The van der Waals surface area contributed by atoms with Gasteiger partial charge in [0.15, 0.2) is 0 Å². The normalized spacial score (nSPS) is 18.7. The molecule has 0 aliphatic heterocycles. The highest BCUT2D eigenvalue weighted by Gasteiger charge is 2.37. The maximum absolute atomic E-state index is 12.6. The van der Waals surface area contributed by atoms with Crippen LogP contribution >= 0.6 is 12.0 Å². The van der Waals surface area contributed by atoms with Gasteiger partial charge in [0, 0.05) is 11.7 Å². The highest BCUT2D eigenvalue weighted by Crippen LogP contribution is 2.42. The van der Waals surface area contributed by atoms with Gasteiger partial charge in [-0.2, -0.15) is 13.2 Å². The Bertz CT molecular complexity index is 408. The van der Waals surface area contributed by atoms with Crippen molar-refractivity contribution in [2.75, 3.05) is 12.9 Å². The van der Waals surface area contributed by atoms with Crippen molar-refractivity contribution in [1.82, 2.24) is 0 Å². The summed E-state index contributed by atoms with van der Waals surface area (Å²) >= 11 is 1.31.